The highest BCUT2D eigenvalue weighted by atomic mass is 16.6. The van der Waals surface area contributed by atoms with Gasteiger partial charge in [-0.15, -0.1) is 0 Å². The second-order valence-corrected chi connectivity index (χ2v) is 4.88. The summed E-state index contributed by atoms with van der Waals surface area (Å²) in [5, 5.41) is 0. The predicted octanol–water partition coefficient (Wildman–Crippen LogP) is 2.76. The number of hydrogen-bond donors (Lipinski definition) is 0. The number of hydrogen-bond acceptors (Lipinski definition) is 4. The van der Waals surface area contributed by atoms with E-state index in [4.69, 9.17) is 9.47 Å². The Kier molecular flexibility index (Phi) is 5.38. The lowest BCUT2D eigenvalue weighted by molar-refractivity contribution is -0.161. The van der Waals surface area contributed by atoms with Gasteiger partial charge in [-0.05, 0) is 39.0 Å². The van der Waals surface area contributed by atoms with Gasteiger partial charge in [-0.2, -0.15) is 0 Å². The quantitative estimate of drug-likeness (QED) is 0.540. The van der Waals surface area contributed by atoms with Gasteiger partial charge in [0.05, 0.1) is 6.42 Å². The first-order valence-electron chi connectivity index (χ1n) is 6.53. The minimum atomic E-state index is -0.464. The van der Waals surface area contributed by atoms with Crippen molar-refractivity contribution in [2.75, 3.05) is 6.61 Å². The molecule has 0 radical (unpaired) electrons. The standard InChI is InChI=1S/C14H22O4/c1-4-14(8-5-6-9-14)18-12(15)7-10-17-13(16)11(2)3/h2,4-10H2,1,3H3. The van der Waals surface area contributed by atoms with Gasteiger partial charge in [0.25, 0.3) is 0 Å². The van der Waals surface area contributed by atoms with Gasteiger partial charge in [0.15, 0.2) is 0 Å². The molecule has 0 aromatic heterocycles. The first-order chi connectivity index (χ1) is 8.49. The lowest BCUT2D eigenvalue weighted by Gasteiger charge is -2.27. The van der Waals surface area contributed by atoms with E-state index in [0.717, 1.165) is 32.1 Å². The van der Waals surface area contributed by atoms with Crippen LogP contribution in [0.25, 0.3) is 0 Å². The Balaban J connectivity index is 2.29. The maximum Gasteiger partial charge on any atom is 0.333 e. The summed E-state index contributed by atoms with van der Waals surface area (Å²) < 4.78 is 10.4. The SMILES string of the molecule is C=C(C)C(=O)OCCC(=O)OC1(CC)CCCC1. The fourth-order valence-corrected chi connectivity index (χ4v) is 2.19. The Morgan fingerprint density at radius 2 is 1.89 bits per heavy atom. The van der Waals surface area contributed by atoms with Crippen LogP contribution in [0.3, 0.4) is 0 Å². The third-order valence-electron chi connectivity index (χ3n) is 3.38. The van der Waals surface area contributed by atoms with Crippen molar-refractivity contribution in [3.8, 4) is 0 Å². The molecular weight excluding hydrogens is 232 g/mol. The van der Waals surface area contributed by atoms with E-state index in [1.54, 1.807) is 6.92 Å². The third kappa shape index (κ3) is 4.17. The van der Waals surface area contributed by atoms with Crippen molar-refractivity contribution >= 4 is 11.9 Å². The van der Waals surface area contributed by atoms with Gasteiger partial charge < -0.3 is 9.47 Å². The molecule has 1 fully saturated rings. The molecule has 0 unspecified atom stereocenters. The molecule has 0 heterocycles. The largest absolute Gasteiger partial charge is 0.462 e. The summed E-state index contributed by atoms with van der Waals surface area (Å²) in [5.41, 5.74) is 0.0688. The summed E-state index contributed by atoms with van der Waals surface area (Å²) in [4.78, 5) is 22.8. The van der Waals surface area contributed by atoms with Crippen molar-refractivity contribution < 1.29 is 19.1 Å². The Hall–Kier alpha value is -1.32. The Morgan fingerprint density at radius 3 is 2.39 bits per heavy atom. The van der Waals surface area contributed by atoms with Gasteiger partial charge in [0, 0.05) is 5.57 Å². The summed E-state index contributed by atoms with van der Waals surface area (Å²) in [6, 6.07) is 0. The molecule has 0 spiro atoms. The van der Waals surface area contributed by atoms with E-state index in [1.807, 2.05) is 6.92 Å². The summed E-state index contributed by atoms with van der Waals surface area (Å²) in [7, 11) is 0. The Bertz CT molecular complexity index is 327. The van der Waals surface area contributed by atoms with Crippen LogP contribution in [0.4, 0.5) is 0 Å². The topological polar surface area (TPSA) is 52.6 Å². The third-order valence-corrected chi connectivity index (χ3v) is 3.38. The van der Waals surface area contributed by atoms with Crippen LogP contribution in [-0.4, -0.2) is 24.1 Å². The molecule has 1 aliphatic rings. The molecule has 102 valence electrons. The lowest BCUT2D eigenvalue weighted by atomic mass is 9.99. The van der Waals surface area contributed by atoms with Crippen molar-refractivity contribution in [2.24, 2.45) is 0 Å². The van der Waals surface area contributed by atoms with E-state index in [-0.39, 0.29) is 24.6 Å². The van der Waals surface area contributed by atoms with Crippen LogP contribution in [-0.2, 0) is 19.1 Å². The molecule has 0 atom stereocenters. The molecule has 4 nitrogen and oxygen atoms in total. The van der Waals surface area contributed by atoms with Crippen LogP contribution in [0, 0.1) is 0 Å². The van der Waals surface area contributed by atoms with E-state index < -0.39 is 5.97 Å². The molecule has 0 bridgehead atoms. The molecule has 0 amide bonds. The smallest absolute Gasteiger partial charge is 0.333 e. The van der Waals surface area contributed by atoms with Crippen LogP contribution in [0.2, 0.25) is 0 Å². The van der Waals surface area contributed by atoms with Crippen LogP contribution < -0.4 is 0 Å². The molecular formula is C14H22O4. The fraction of sp³-hybridized carbons (Fsp3) is 0.714. The number of rotatable bonds is 6. The predicted molar refractivity (Wildman–Crippen MR) is 68.0 cm³/mol. The Morgan fingerprint density at radius 1 is 1.28 bits per heavy atom. The summed E-state index contributed by atoms with van der Waals surface area (Å²) >= 11 is 0. The minimum Gasteiger partial charge on any atom is -0.462 e. The van der Waals surface area contributed by atoms with Crippen molar-refractivity contribution in [1.82, 2.24) is 0 Å². The normalized spacial score (nSPS) is 17.2. The van der Waals surface area contributed by atoms with Crippen LogP contribution in [0.1, 0.15) is 52.4 Å². The van der Waals surface area contributed by atoms with Crippen LogP contribution in [0.5, 0.6) is 0 Å². The van der Waals surface area contributed by atoms with Gasteiger partial charge in [0.2, 0.25) is 0 Å². The zero-order valence-electron chi connectivity index (χ0n) is 11.3. The summed E-state index contributed by atoms with van der Waals surface area (Å²) in [6.07, 6.45) is 5.09. The van der Waals surface area contributed by atoms with Crippen LogP contribution >= 0.6 is 0 Å². The molecule has 0 aliphatic heterocycles. The van der Waals surface area contributed by atoms with E-state index >= 15 is 0 Å². The molecule has 1 rings (SSSR count). The molecule has 0 aromatic carbocycles. The molecule has 0 saturated heterocycles. The number of carbonyl (C=O) groups is 2. The zero-order chi connectivity index (χ0) is 13.6. The van der Waals surface area contributed by atoms with Gasteiger partial charge in [-0.1, -0.05) is 13.5 Å². The summed E-state index contributed by atoms with van der Waals surface area (Å²) in [6.45, 7) is 7.15. The van der Waals surface area contributed by atoms with Crippen molar-refractivity contribution in [1.29, 1.82) is 0 Å². The van der Waals surface area contributed by atoms with Crippen molar-refractivity contribution in [3.63, 3.8) is 0 Å². The zero-order valence-corrected chi connectivity index (χ0v) is 11.3. The van der Waals surface area contributed by atoms with Crippen molar-refractivity contribution in [3.05, 3.63) is 12.2 Å². The minimum absolute atomic E-state index is 0.0598. The lowest BCUT2D eigenvalue weighted by Crippen LogP contribution is -2.31. The average Bonchev–Trinajstić information content (AvgIpc) is 2.77. The van der Waals surface area contributed by atoms with E-state index in [0.29, 0.717) is 5.57 Å². The molecule has 0 aromatic rings. The van der Waals surface area contributed by atoms with Gasteiger partial charge in [-0.3, -0.25) is 4.79 Å². The average molecular weight is 254 g/mol. The van der Waals surface area contributed by atoms with E-state index in [2.05, 4.69) is 6.58 Å². The maximum absolute atomic E-state index is 11.7. The molecule has 18 heavy (non-hydrogen) atoms. The highest BCUT2D eigenvalue weighted by Crippen LogP contribution is 2.36. The first-order valence-corrected chi connectivity index (χ1v) is 6.53. The maximum atomic E-state index is 11.7. The fourth-order valence-electron chi connectivity index (χ4n) is 2.19. The highest BCUT2D eigenvalue weighted by molar-refractivity contribution is 5.87. The monoisotopic (exact) mass is 254 g/mol. The van der Waals surface area contributed by atoms with Gasteiger partial charge >= 0.3 is 11.9 Å². The second kappa shape index (κ2) is 6.57. The number of ether oxygens (including phenoxy) is 2. The van der Waals surface area contributed by atoms with E-state index in [9.17, 15) is 9.59 Å². The van der Waals surface area contributed by atoms with Crippen molar-refractivity contribution in [2.45, 2.75) is 58.0 Å². The molecule has 4 heteroatoms. The molecule has 1 saturated carbocycles. The number of carbonyl (C=O) groups excluding carboxylic acids is 2. The summed E-state index contributed by atoms with van der Waals surface area (Å²) in [5.74, 6) is -0.748. The number of esters is 2. The van der Waals surface area contributed by atoms with E-state index in [1.165, 1.54) is 0 Å². The van der Waals surface area contributed by atoms with Gasteiger partial charge in [0.1, 0.15) is 12.2 Å². The second-order valence-electron chi connectivity index (χ2n) is 4.88. The Labute approximate surface area is 108 Å². The molecule has 1 aliphatic carbocycles. The highest BCUT2D eigenvalue weighted by Gasteiger charge is 2.35. The molecule has 0 N–H and O–H groups in total. The van der Waals surface area contributed by atoms with Gasteiger partial charge in [-0.25, -0.2) is 4.79 Å². The van der Waals surface area contributed by atoms with Crippen LogP contribution in [0.15, 0.2) is 12.2 Å². The first kappa shape index (κ1) is 14.7.